The molecule has 0 bridgehead atoms. The highest BCUT2D eigenvalue weighted by Crippen LogP contribution is 2.32. The van der Waals surface area contributed by atoms with Crippen LogP contribution in [-0.2, 0) is 4.79 Å². The summed E-state index contributed by atoms with van der Waals surface area (Å²) < 4.78 is 0. The molecule has 1 N–H and O–H groups in total. The van der Waals surface area contributed by atoms with Gasteiger partial charge in [0.1, 0.15) is 0 Å². The van der Waals surface area contributed by atoms with Gasteiger partial charge >= 0.3 is 0 Å². The third-order valence-corrected chi connectivity index (χ3v) is 3.86. The Balaban J connectivity index is 0.00000144. The average molecular weight is 261 g/mol. The number of carbonyl (C=O) groups is 1. The molecule has 1 atom stereocenters. The normalized spacial score (nSPS) is 23.2. The van der Waals surface area contributed by atoms with Crippen molar-refractivity contribution in [1.29, 1.82) is 0 Å². The number of hydrogen-bond acceptors (Lipinski definition) is 2. The van der Waals surface area contributed by atoms with Gasteiger partial charge in [-0.3, -0.25) is 4.79 Å². The molecular weight excluding hydrogens is 236 g/mol. The van der Waals surface area contributed by atoms with Crippen LogP contribution in [0.4, 0.5) is 0 Å². The molecule has 1 unspecified atom stereocenters. The fourth-order valence-corrected chi connectivity index (χ4v) is 2.40. The van der Waals surface area contributed by atoms with Gasteiger partial charge in [-0.2, -0.15) is 0 Å². The number of nitrogens with zero attached hydrogens (tertiary/aromatic N) is 1. The van der Waals surface area contributed by atoms with Gasteiger partial charge in [0, 0.05) is 26.1 Å². The topological polar surface area (TPSA) is 32.3 Å². The standard InChI is InChI=1S/C13H24N2O.ClH/c1-15(10-8-11-4-5-11)13(16)7-6-12-3-2-9-14-12;/h11-12,14H,2-10H2,1H3;1H. The molecule has 4 heteroatoms. The van der Waals surface area contributed by atoms with Gasteiger partial charge in [0.15, 0.2) is 0 Å². The van der Waals surface area contributed by atoms with Crippen LogP contribution in [0.3, 0.4) is 0 Å². The molecule has 0 aromatic rings. The van der Waals surface area contributed by atoms with Gasteiger partial charge in [0.2, 0.25) is 5.91 Å². The SMILES string of the molecule is CN(CCC1CC1)C(=O)CCC1CCCN1.Cl. The summed E-state index contributed by atoms with van der Waals surface area (Å²) in [4.78, 5) is 13.8. The minimum absolute atomic E-state index is 0. The van der Waals surface area contributed by atoms with Crippen LogP contribution in [0.1, 0.15) is 44.9 Å². The van der Waals surface area contributed by atoms with E-state index >= 15 is 0 Å². The zero-order chi connectivity index (χ0) is 11.4. The van der Waals surface area contributed by atoms with Crippen LogP contribution in [0, 0.1) is 5.92 Å². The Morgan fingerprint density at radius 2 is 2.06 bits per heavy atom. The smallest absolute Gasteiger partial charge is 0.222 e. The number of halogens is 1. The van der Waals surface area contributed by atoms with Crippen LogP contribution in [0.2, 0.25) is 0 Å². The molecular formula is C13H25ClN2O. The quantitative estimate of drug-likeness (QED) is 0.794. The molecule has 1 aliphatic carbocycles. The first-order valence-corrected chi connectivity index (χ1v) is 6.73. The second-order valence-corrected chi connectivity index (χ2v) is 5.38. The summed E-state index contributed by atoms with van der Waals surface area (Å²) in [5.74, 6) is 1.25. The Morgan fingerprint density at radius 3 is 2.65 bits per heavy atom. The van der Waals surface area contributed by atoms with Gasteiger partial charge in [-0.15, -0.1) is 12.4 Å². The van der Waals surface area contributed by atoms with E-state index in [1.165, 1.54) is 32.1 Å². The molecule has 2 aliphatic rings. The van der Waals surface area contributed by atoms with Gasteiger partial charge < -0.3 is 10.2 Å². The lowest BCUT2D eigenvalue weighted by Gasteiger charge is -2.18. The number of hydrogen-bond donors (Lipinski definition) is 1. The van der Waals surface area contributed by atoms with Crippen LogP contribution in [0.25, 0.3) is 0 Å². The predicted octanol–water partition coefficient (Wildman–Crippen LogP) is 2.20. The molecule has 0 aromatic heterocycles. The van der Waals surface area contributed by atoms with E-state index in [0.29, 0.717) is 11.9 Å². The van der Waals surface area contributed by atoms with E-state index in [9.17, 15) is 4.79 Å². The summed E-state index contributed by atoms with van der Waals surface area (Å²) in [6.45, 7) is 2.10. The van der Waals surface area contributed by atoms with Crippen LogP contribution in [0.5, 0.6) is 0 Å². The van der Waals surface area contributed by atoms with Gasteiger partial charge in [-0.1, -0.05) is 12.8 Å². The molecule has 17 heavy (non-hydrogen) atoms. The monoisotopic (exact) mass is 260 g/mol. The summed E-state index contributed by atoms with van der Waals surface area (Å²) in [5, 5.41) is 3.44. The fraction of sp³-hybridized carbons (Fsp3) is 0.923. The largest absolute Gasteiger partial charge is 0.346 e. The van der Waals surface area contributed by atoms with E-state index in [2.05, 4.69) is 5.32 Å². The second-order valence-electron chi connectivity index (χ2n) is 5.38. The predicted molar refractivity (Wildman–Crippen MR) is 72.5 cm³/mol. The molecule has 1 saturated carbocycles. The molecule has 0 aromatic carbocycles. The second kappa shape index (κ2) is 7.22. The zero-order valence-corrected chi connectivity index (χ0v) is 11.6. The zero-order valence-electron chi connectivity index (χ0n) is 10.8. The number of amides is 1. The molecule has 2 rings (SSSR count). The number of rotatable bonds is 6. The van der Waals surface area contributed by atoms with Crippen molar-refractivity contribution in [2.75, 3.05) is 20.1 Å². The summed E-state index contributed by atoms with van der Waals surface area (Å²) >= 11 is 0. The van der Waals surface area contributed by atoms with Crippen LogP contribution in [-0.4, -0.2) is 37.0 Å². The van der Waals surface area contributed by atoms with Crippen molar-refractivity contribution in [1.82, 2.24) is 10.2 Å². The van der Waals surface area contributed by atoms with E-state index in [1.54, 1.807) is 0 Å². The van der Waals surface area contributed by atoms with Gasteiger partial charge in [-0.25, -0.2) is 0 Å². The van der Waals surface area contributed by atoms with E-state index in [1.807, 2.05) is 11.9 Å². The molecule has 1 heterocycles. The summed E-state index contributed by atoms with van der Waals surface area (Å²) in [5.41, 5.74) is 0. The molecule has 1 saturated heterocycles. The Bertz CT molecular complexity index is 238. The first kappa shape index (κ1) is 14.8. The third-order valence-electron chi connectivity index (χ3n) is 3.86. The van der Waals surface area contributed by atoms with Crippen molar-refractivity contribution < 1.29 is 4.79 Å². The number of nitrogens with one attached hydrogen (secondary N) is 1. The van der Waals surface area contributed by atoms with E-state index < -0.39 is 0 Å². The Hall–Kier alpha value is -0.280. The number of carbonyl (C=O) groups excluding carboxylic acids is 1. The maximum atomic E-state index is 11.8. The summed E-state index contributed by atoms with van der Waals surface area (Å²) in [7, 11) is 1.95. The minimum atomic E-state index is 0. The average Bonchev–Trinajstić information content (AvgIpc) is 2.97. The molecule has 1 aliphatic heterocycles. The Morgan fingerprint density at radius 1 is 1.29 bits per heavy atom. The molecule has 3 nitrogen and oxygen atoms in total. The molecule has 100 valence electrons. The van der Waals surface area contributed by atoms with E-state index in [0.717, 1.165) is 31.8 Å². The minimum Gasteiger partial charge on any atom is -0.346 e. The van der Waals surface area contributed by atoms with Crippen molar-refractivity contribution in [3.8, 4) is 0 Å². The Kier molecular flexibility index (Phi) is 6.28. The van der Waals surface area contributed by atoms with Crippen LogP contribution < -0.4 is 5.32 Å². The van der Waals surface area contributed by atoms with E-state index in [-0.39, 0.29) is 12.4 Å². The van der Waals surface area contributed by atoms with Crippen LogP contribution >= 0.6 is 12.4 Å². The molecule has 2 fully saturated rings. The lowest BCUT2D eigenvalue weighted by molar-refractivity contribution is -0.130. The highest BCUT2D eigenvalue weighted by Gasteiger charge is 2.22. The highest BCUT2D eigenvalue weighted by atomic mass is 35.5. The van der Waals surface area contributed by atoms with Crippen molar-refractivity contribution >= 4 is 18.3 Å². The first-order chi connectivity index (χ1) is 7.75. The maximum Gasteiger partial charge on any atom is 0.222 e. The van der Waals surface area contributed by atoms with Crippen LogP contribution in [0.15, 0.2) is 0 Å². The Labute approximate surface area is 111 Å². The molecule has 0 spiro atoms. The first-order valence-electron chi connectivity index (χ1n) is 6.73. The maximum absolute atomic E-state index is 11.8. The van der Waals surface area contributed by atoms with Gasteiger partial charge in [-0.05, 0) is 38.1 Å². The highest BCUT2D eigenvalue weighted by molar-refractivity contribution is 5.85. The fourth-order valence-electron chi connectivity index (χ4n) is 2.40. The van der Waals surface area contributed by atoms with E-state index in [4.69, 9.17) is 0 Å². The lowest BCUT2D eigenvalue weighted by Crippen LogP contribution is -2.30. The van der Waals surface area contributed by atoms with Crippen molar-refractivity contribution in [3.63, 3.8) is 0 Å². The van der Waals surface area contributed by atoms with Gasteiger partial charge in [0.25, 0.3) is 0 Å². The summed E-state index contributed by atoms with van der Waals surface area (Å²) in [6.07, 6.45) is 8.24. The molecule has 0 radical (unpaired) electrons. The van der Waals surface area contributed by atoms with Crippen molar-refractivity contribution in [3.05, 3.63) is 0 Å². The molecule has 1 amide bonds. The van der Waals surface area contributed by atoms with Gasteiger partial charge in [0.05, 0.1) is 0 Å². The lowest BCUT2D eigenvalue weighted by atomic mass is 10.1. The van der Waals surface area contributed by atoms with Crippen molar-refractivity contribution in [2.24, 2.45) is 5.92 Å². The third kappa shape index (κ3) is 5.26. The summed E-state index contributed by atoms with van der Waals surface area (Å²) in [6, 6.07) is 0.598. The van der Waals surface area contributed by atoms with Crippen molar-refractivity contribution in [2.45, 2.75) is 51.0 Å².